The monoisotopic (exact) mass is 252 g/mol. The molecule has 2 aliphatic rings. The van der Waals surface area contributed by atoms with Gasteiger partial charge in [0.25, 0.3) is 0 Å². The molecular weight excluding hydrogens is 232 g/mol. The van der Waals surface area contributed by atoms with Crippen molar-refractivity contribution in [1.29, 1.82) is 0 Å². The molecule has 17 heavy (non-hydrogen) atoms. The second-order valence-corrected chi connectivity index (χ2v) is 5.93. The Hall–Kier alpha value is -0.450. The minimum Gasteiger partial charge on any atom is -0.381 e. The van der Waals surface area contributed by atoms with E-state index >= 15 is 0 Å². The van der Waals surface area contributed by atoms with Gasteiger partial charge in [-0.15, -0.1) is 11.3 Å². The Morgan fingerprint density at radius 1 is 1.24 bits per heavy atom. The zero-order chi connectivity index (χ0) is 11.5. The van der Waals surface area contributed by atoms with E-state index in [9.17, 15) is 0 Å². The molecule has 3 nitrogen and oxygen atoms in total. The van der Waals surface area contributed by atoms with Gasteiger partial charge in [0, 0.05) is 37.0 Å². The van der Waals surface area contributed by atoms with Gasteiger partial charge in [-0.1, -0.05) is 0 Å². The van der Waals surface area contributed by atoms with Crippen LogP contribution in [0.4, 0.5) is 0 Å². The van der Waals surface area contributed by atoms with E-state index in [1.165, 1.54) is 30.1 Å². The van der Waals surface area contributed by atoms with Crippen molar-refractivity contribution in [1.82, 2.24) is 10.3 Å². The first kappa shape index (κ1) is 11.6. The fraction of sp³-hybridized carbons (Fsp3) is 0.769. The second-order valence-electron chi connectivity index (χ2n) is 5.04. The van der Waals surface area contributed by atoms with Gasteiger partial charge in [-0.25, -0.2) is 4.98 Å². The number of hydrogen-bond donors (Lipinski definition) is 1. The summed E-state index contributed by atoms with van der Waals surface area (Å²) in [5.41, 5.74) is 1.32. The van der Waals surface area contributed by atoms with Gasteiger partial charge in [-0.05, 0) is 32.2 Å². The third-order valence-electron chi connectivity index (χ3n) is 3.83. The van der Waals surface area contributed by atoms with E-state index in [1.54, 1.807) is 0 Å². The summed E-state index contributed by atoms with van der Waals surface area (Å²) in [6.07, 6.45) is 4.88. The van der Waals surface area contributed by atoms with Crippen molar-refractivity contribution in [2.24, 2.45) is 0 Å². The number of aromatic nitrogens is 1. The highest BCUT2D eigenvalue weighted by atomic mass is 32.1. The summed E-state index contributed by atoms with van der Waals surface area (Å²) in [4.78, 5) is 4.88. The minimum absolute atomic E-state index is 0.647. The Labute approximate surface area is 107 Å². The van der Waals surface area contributed by atoms with Crippen molar-refractivity contribution in [2.75, 3.05) is 26.3 Å². The van der Waals surface area contributed by atoms with Gasteiger partial charge in [0.05, 0.1) is 10.7 Å². The molecule has 94 valence electrons. The lowest BCUT2D eigenvalue weighted by Crippen LogP contribution is -2.28. The van der Waals surface area contributed by atoms with Gasteiger partial charge in [0.1, 0.15) is 0 Å². The lowest BCUT2D eigenvalue weighted by atomic mass is 9.96. The zero-order valence-corrected chi connectivity index (χ0v) is 11.0. The van der Waals surface area contributed by atoms with Crippen molar-refractivity contribution in [2.45, 2.75) is 37.5 Å². The summed E-state index contributed by atoms with van der Waals surface area (Å²) in [7, 11) is 0. The summed E-state index contributed by atoms with van der Waals surface area (Å²) in [5, 5.41) is 7.09. The van der Waals surface area contributed by atoms with Gasteiger partial charge >= 0.3 is 0 Å². The molecule has 4 heteroatoms. The first-order valence-corrected chi connectivity index (χ1v) is 7.55. The highest BCUT2D eigenvalue weighted by Crippen LogP contribution is 2.32. The molecule has 2 aliphatic heterocycles. The van der Waals surface area contributed by atoms with E-state index < -0.39 is 0 Å². The molecule has 2 saturated heterocycles. The zero-order valence-electron chi connectivity index (χ0n) is 10.2. The van der Waals surface area contributed by atoms with E-state index in [1.807, 2.05) is 11.3 Å². The lowest BCUT2D eigenvalue weighted by molar-refractivity contribution is 0.0852. The summed E-state index contributed by atoms with van der Waals surface area (Å²) >= 11 is 1.86. The molecule has 3 rings (SSSR count). The molecule has 3 heterocycles. The van der Waals surface area contributed by atoms with Crippen LogP contribution in [0.3, 0.4) is 0 Å². The number of nitrogens with one attached hydrogen (secondary N) is 1. The normalized spacial score (nSPS) is 27.2. The topological polar surface area (TPSA) is 34.1 Å². The second kappa shape index (κ2) is 5.46. The van der Waals surface area contributed by atoms with Crippen molar-refractivity contribution in [3.05, 3.63) is 16.1 Å². The summed E-state index contributed by atoms with van der Waals surface area (Å²) in [5.74, 6) is 1.30. The average molecular weight is 252 g/mol. The van der Waals surface area contributed by atoms with E-state index in [2.05, 4.69) is 10.7 Å². The predicted molar refractivity (Wildman–Crippen MR) is 69.8 cm³/mol. The summed E-state index contributed by atoms with van der Waals surface area (Å²) < 4.78 is 5.41. The van der Waals surface area contributed by atoms with E-state index in [0.717, 1.165) is 32.6 Å². The van der Waals surface area contributed by atoms with Gasteiger partial charge in [0.2, 0.25) is 0 Å². The molecule has 0 radical (unpaired) electrons. The Morgan fingerprint density at radius 3 is 2.88 bits per heavy atom. The summed E-state index contributed by atoms with van der Waals surface area (Å²) in [6, 6.07) is 0. The van der Waals surface area contributed by atoms with Crippen LogP contribution in [0.25, 0.3) is 0 Å². The molecule has 0 aromatic carbocycles. The van der Waals surface area contributed by atoms with Crippen molar-refractivity contribution < 1.29 is 4.74 Å². The Bertz CT molecular complexity index is 322. The number of ether oxygens (including phenoxy) is 1. The third kappa shape index (κ3) is 2.69. The number of piperidine rings is 1. The quantitative estimate of drug-likeness (QED) is 0.878. The van der Waals surface area contributed by atoms with Crippen LogP contribution in [-0.4, -0.2) is 31.3 Å². The fourth-order valence-corrected chi connectivity index (χ4v) is 3.80. The third-order valence-corrected chi connectivity index (χ3v) is 4.85. The fourth-order valence-electron chi connectivity index (χ4n) is 2.72. The number of hydrogen-bond acceptors (Lipinski definition) is 4. The molecule has 0 saturated carbocycles. The predicted octanol–water partition coefficient (Wildman–Crippen LogP) is 2.50. The smallest absolute Gasteiger partial charge is 0.0961 e. The van der Waals surface area contributed by atoms with E-state index in [0.29, 0.717) is 11.8 Å². The first-order valence-electron chi connectivity index (χ1n) is 6.67. The standard InChI is InChI=1S/C13H20N2OS/c1-2-11(8-14-5-1)12-9-17-13(15-12)10-3-6-16-7-4-10/h9-11,14H,1-8H2. The molecule has 0 aliphatic carbocycles. The van der Waals surface area contributed by atoms with Gasteiger partial charge in [-0.2, -0.15) is 0 Å². The molecule has 1 aromatic heterocycles. The molecule has 1 N–H and O–H groups in total. The van der Waals surface area contributed by atoms with Crippen molar-refractivity contribution in [3.63, 3.8) is 0 Å². The van der Waals surface area contributed by atoms with Crippen LogP contribution in [0.1, 0.15) is 48.2 Å². The molecule has 1 unspecified atom stereocenters. The molecule has 1 atom stereocenters. The van der Waals surface area contributed by atoms with Crippen LogP contribution in [-0.2, 0) is 4.74 Å². The van der Waals surface area contributed by atoms with Crippen LogP contribution in [0.15, 0.2) is 5.38 Å². The maximum absolute atomic E-state index is 5.41. The van der Waals surface area contributed by atoms with E-state index in [-0.39, 0.29) is 0 Å². The maximum atomic E-state index is 5.41. The van der Waals surface area contributed by atoms with Gasteiger partial charge < -0.3 is 10.1 Å². The highest BCUT2D eigenvalue weighted by Gasteiger charge is 2.22. The van der Waals surface area contributed by atoms with Gasteiger partial charge in [0.15, 0.2) is 0 Å². The first-order chi connectivity index (χ1) is 8.43. The molecule has 2 fully saturated rings. The number of nitrogens with zero attached hydrogens (tertiary/aromatic N) is 1. The van der Waals surface area contributed by atoms with Crippen molar-refractivity contribution in [3.8, 4) is 0 Å². The molecule has 0 bridgehead atoms. The summed E-state index contributed by atoms with van der Waals surface area (Å²) in [6.45, 7) is 4.10. The minimum atomic E-state index is 0.647. The SMILES string of the molecule is c1sc(C2CCOCC2)nc1C1CCCNC1. The maximum Gasteiger partial charge on any atom is 0.0961 e. The molecule has 1 aromatic rings. The van der Waals surface area contributed by atoms with Crippen molar-refractivity contribution >= 4 is 11.3 Å². The molecule has 0 spiro atoms. The average Bonchev–Trinajstić information content (AvgIpc) is 2.90. The number of thiazole rings is 1. The van der Waals surface area contributed by atoms with Crippen LogP contribution in [0, 0.1) is 0 Å². The Morgan fingerprint density at radius 2 is 2.12 bits per heavy atom. The Kier molecular flexibility index (Phi) is 3.74. The number of rotatable bonds is 2. The largest absolute Gasteiger partial charge is 0.381 e. The van der Waals surface area contributed by atoms with Crippen LogP contribution >= 0.6 is 11.3 Å². The Balaban J connectivity index is 1.68. The molecule has 0 amide bonds. The molecular formula is C13H20N2OS. The lowest BCUT2D eigenvalue weighted by Gasteiger charge is -2.22. The highest BCUT2D eigenvalue weighted by molar-refractivity contribution is 7.09. The van der Waals surface area contributed by atoms with Crippen LogP contribution < -0.4 is 5.32 Å². The van der Waals surface area contributed by atoms with Gasteiger partial charge in [-0.3, -0.25) is 0 Å². The van der Waals surface area contributed by atoms with Crippen LogP contribution in [0.2, 0.25) is 0 Å². The van der Waals surface area contributed by atoms with Crippen LogP contribution in [0.5, 0.6) is 0 Å². The van der Waals surface area contributed by atoms with E-state index in [4.69, 9.17) is 9.72 Å².